The van der Waals surface area contributed by atoms with Gasteiger partial charge < -0.3 is 9.64 Å². The normalized spacial score (nSPS) is 15.5. The van der Waals surface area contributed by atoms with Crippen molar-refractivity contribution in [2.75, 3.05) is 4.90 Å². The van der Waals surface area contributed by atoms with Gasteiger partial charge >= 0.3 is 5.97 Å². The van der Waals surface area contributed by atoms with Crippen LogP contribution in [0.5, 0.6) is 5.75 Å². The fourth-order valence-electron chi connectivity index (χ4n) is 4.12. The molecule has 4 heteroatoms. The van der Waals surface area contributed by atoms with E-state index in [9.17, 15) is 9.59 Å². The van der Waals surface area contributed by atoms with Crippen LogP contribution >= 0.6 is 0 Å². The zero-order valence-corrected chi connectivity index (χ0v) is 18.5. The number of ether oxygens (including phenoxy) is 1. The number of amides is 1. The van der Waals surface area contributed by atoms with Crippen molar-refractivity contribution >= 4 is 23.1 Å². The third-order valence-corrected chi connectivity index (χ3v) is 5.87. The lowest BCUT2D eigenvalue weighted by molar-refractivity contribution is -0.139. The predicted octanol–water partition coefficient (Wildman–Crippen LogP) is 5.99. The van der Waals surface area contributed by atoms with Gasteiger partial charge in [0.2, 0.25) is 5.91 Å². The third kappa shape index (κ3) is 4.31. The average Bonchev–Trinajstić information content (AvgIpc) is 2.63. The highest BCUT2D eigenvalue weighted by atomic mass is 16.5. The largest absolute Gasteiger partial charge is 0.426 e. The van der Waals surface area contributed by atoms with E-state index in [4.69, 9.17) is 4.74 Å². The Morgan fingerprint density at radius 3 is 2.11 bits per heavy atom. The molecule has 0 aliphatic carbocycles. The molecule has 0 aromatic heterocycles. The second-order valence-corrected chi connectivity index (χ2v) is 8.28. The number of carbonyl (C=O) groups is 2. The molecule has 1 heterocycles. The van der Waals surface area contributed by atoms with Crippen LogP contribution < -0.4 is 9.64 Å². The van der Waals surface area contributed by atoms with Crippen LogP contribution in [0.15, 0.2) is 24.3 Å². The van der Waals surface area contributed by atoms with Gasteiger partial charge in [-0.05, 0) is 70.2 Å². The van der Waals surface area contributed by atoms with Crippen molar-refractivity contribution in [2.45, 2.75) is 79.7 Å². The van der Waals surface area contributed by atoms with Crippen molar-refractivity contribution in [1.82, 2.24) is 0 Å². The topological polar surface area (TPSA) is 46.6 Å². The highest BCUT2D eigenvalue weighted by Crippen LogP contribution is 2.41. The highest BCUT2D eigenvalue weighted by molar-refractivity contribution is 6.01. The van der Waals surface area contributed by atoms with Gasteiger partial charge in [-0.1, -0.05) is 33.8 Å². The Morgan fingerprint density at radius 2 is 1.57 bits per heavy atom. The molecule has 4 nitrogen and oxygen atoms in total. The first-order valence-electron chi connectivity index (χ1n) is 10.6. The van der Waals surface area contributed by atoms with Gasteiger partial charge in [0.25, 0.3) is 0 Å². The molecule has 0 fully saturated rings. The van der Waals surface area contributed by atoms with E-state index in [0.717, 1.165) is 42.5 Å². The van der Waals surface area contributed by atoms with Crippen LogP contribution in [0.2, 0.25) is 0 Å². The van der Waals surface area contributed by atoms with Crippen molar-refractivity contribution in [3.63, 3.8) is 0 Å². The SMILES string of the molecule is CCC(CC)C(=O)Oc1ccc2c(c1)C(C)=CC(C)(C)N2C(=O)C(CC)CC. The first-order chi connectivity index (χ1) is 13.2. The van der Waals surface area contributed by atoms with E-state index in [-0.39, 0.29) is 23.7 Å². The number of hydrogen-bond donors (Lipinski definition) is 0. The Balaban J connectivity index is 2.44. The summed E-state index contributed by atoms with van der Waals surface area (Å²) >= 11 is 0. The lowest BCUT2D eigenvalue weighted by atomic mass is 9.86. The Hall–Kier alpha value is -2.10. The van der Waals surface area contributed by atoms with Gasteiger partial charge in [0.05, 0.1) is 17.1 Å². The number of rotatable bonds is 7. The van der Waals surface area contributed by atoms with E-state index in [2.05, 4.69) is 33.8 Å². The van der Waals surface area contributed by atoms with Gasteiger partial charge in [0.1, 0.15) is 5.75 Å². The molecule has 28 heavy (non-hydrogen) atoms. The molecule has 1 aliphatic rings. The first kappa shape index (κ1) is 22.2. The summed E-state index contributed by atoms with van der Waals surface area (Å²) in [6, 6.07) is 5.62. The molecular formula is C24H35NO3. The molecule has 1 aromatic rings. The minimum Gasteiger partial charge on any atom is -0.426 e. The molecule has 154 valence electrons. The number of carbonyl (C=O) groups excluding carboxylic acids is 2. The highest BCUT2D eigenvalue weighted by Gasteiger charge is 2.38. The summed E-state index contributed by atoms with van der Waals surface area (Å²) in [6.07, 6.45) is 5.31. The van der Waals surface area contributed by atoms with Gasteiger partial charge in [-0.3, -0.25) is 9.59 Å². The molecule has 2 rings (SSSR count). The smallest absolute Gasteiger partial charge is 0.314 e. The number of hydrogen-bond acceptors (Lipinski definition) is 3. The summed E-state index contributed by atoms with van der Waals surface area (Å²) < 4.78 is 5.64. The molecule has 0 spiro atoms. The van der Waals surface area contributed by atoms with E-state index in [1.165, 1.54) is 0 Å². The molecule has 1 aliphatic heterocycles. The van der Waals surface area contributed by atoms with Gasteiger partial charge in [-0.2, -0.15) is 0 Å². The summed E-state index contributed by atoms with van der Waals surface area (Å²) in [4.78, 5) is 27.6. The number of fused-ring (bicyclic) bond motifs is 1. The number of anilines is 1. The second-order valence-electron chi connectivity index (χ2n) is 8.28. The van der Waals surface area contributed by atoms with E-state index >= 15 is 0 Å². The van der Waals surface area contributed by atoms with Crippen LogP contribution in [-0.2, 0) is 9.59 Å². The zero-order chi connectivity index (χ0) is 21.1. The second kappa shape index (κ2) is 8.93. The Kier molecular flexibility index (Phi) is 7.08. The van der Waals surface area contributed by atoms with E-state index < -0.39 is 5.54 Å². The van der Waals surface area contributed by atoms with E-state index in [1.807, 2.05) is 37.8 Å². The summed E-state index contributed by atoms with van der Waals surface area (Å²) in [5.41, 5.74) is 2.54. The van der Waals surface area contributed by atoms with Crippen LogP contribution in [-0.4, -0.2) is 17.4 Å². The van der Waals surface area contributed by atoms with Gasteiger partial charge in [0, 0.05) is 11.5 Å². The minimum atomic E-state index is -0.398. The lowest BCUT2D eigenvalue weighted by Gasteiger charge is -2.43. The molecule has 0 radical (unpaired) electrons. The van der Waals surface area contributed by atoms with Crippen molar-refractivity contribution < 1.29 is 14.3 Å². The van der Waals surface area contributed by atoms with E-state index in [1.54, 1.807) is 6.07 Å². The Labute approximate surface area is 170 Å². The predicted molar refractivity (Wildman–Crippen MR) is 115 cm³/mol. The molecule has 1 aromatic carbocycles. The van der Waals surface area contributed by atoms with E-state index in [0.29, 0.717) is 5.75 Å². The number of esters is 1. The lowest BCUT2D eigenvalue weighted by Crippen LogP contribution is -2.51. The number of nitrogens with zero attached hydrogens (tertiary/aromatic N) is 1. The maximum Gasteiger partial charge on any atom is 0.314 e. The summed E-state index contributed by atoms with van der Waals surface area (Å²) in [6.45, 7) is 14.3. The molecule has 0 bridgehead atoms. The van der Waals surface area contributed by atoms with Crippen LogP contribution in [0.4, 0.5) is 5.69 Å². The van der Waals surface area contributed by atoms with Gasteiger partial charge in [-0.25, -0.2) is 0 Å². The maximum atomic E-state index is 13.3. The van der Waals surface area contributed by atoms with Crippen molar-refractivity contribution in [3.05, 3.63) is 29.8 Å². The average molecular weight is 386 g/mol. The third-order valence-electron chi connectivity index (χ3n) is 5.87. The van der Waals surface area contributed by atoms with Crippen LogP contribution in [0, 0.1) is 11.8 Å². The Bertz CT molecular complexity index is 755. The van der Waals surface area contributed by atoms with Crippen LogP contribution in [0.25, 0.3) is 5.57 Å². The minimum absolute atomic E-state index is 0.00584. The molecule has 0 unspecified atom stereocenters. The fraction of sp³-hybridized carbons (Fsp3) is 0.583. The molecule has 0 N–H and O–H groups in total. The summed E-state index contributed by atoms with van der Waals surface area (Å²) in [5.74, 6) is 0.429. The summed E-state index contributed by atoms with van der Waals surface area (Å²) in [7, 11) is 0. The fourth-order valence-corrected chi connectivity index (χ4v) is 4.12. The molecule has 0 saturated carbocycles. The Morgan fingerprint density at radius 1 is 1.00 bits per heavy atom. The number of allylic oxidation sites excluding steroid dienone is 1. The first-order valence-corrected chi connectivity index (χ1v) is 10.6. The zero-order valence-electron chi connectivity index (χ0n) is 18.5. The van der Waals surface area contributed by atoms with Crippen LogP contribution in [0.3, 0.4) is 0 Å². The van der Waals surface area contributed by atoms with Gasteiger partial charge in [0.15, 0.2) is 0 Å². The van der Waals surface area contributed by atoms with Gasteiger partial charge in [-0.15, -0.1) is 0 Å². The quantitative estimate of drug-likeness (QED) is 0.427. The molecule has 0 saturated heterocycles. The molecular weight excluding hydrogens is 350 g/mol. The van der Waals surface area contributed by atoms with Crippen LogP contribution in [0.1, 0.15) is 79.7 Å². The van der Waals surface area contributed by atoms with Crippen molar-refractivity contribution in [2.24, 2.45) is 11.8 Å². The monoisotopic (exact) mass is 385 g/mol. The maximum absolute atomic E-state index is 13.3. The molecule has 1 amide bonds. The van der Waals surface area contributed by atoms with Crippen molar-refractivity contribution in [1.29, 1.82) is 0 Å². The number of benzene rings is 1. The summed E-state index contributed by atoms with van der Waals surface area (Å²) in [5, 5.41) is 0. The standard InChI is InChI=1S/C24H35NO3/c1-8-17(9-2)22(26)25-21-13-12-19(28-23(27)18(10-3)11-4)14-20(21)16(5)15-24(25,6)7/h12-15,17-18H,8-11H2,1-7H3. The molecule has 0 atom stereocenters. The van der Waals surface area contributed by atoms with Crippen molar-refractivity contribution in [3.8, 4) is 5.75 Å².